The van der Waals surface area contributed by atoms with Gasteiger partial charge in [0.25, 0.3) is 0 Å². The molecule has 4 aliphatic rings. The number of thioether (sulfide) groups is 1. The Morgan fingerprint density at radius 3 is 2.24 bits per heavy atom. The molecule has 49 heavy (non-hydrogen) atoms. The maximum Gasteiger partial charge on any atom is 0.112 e. The Bertz CT molecular complexity index is 2220. The zero-order valence-corrected chi connectivity index (χ0v) is 28.0. The van der Waals surface area contributed by atoms with Crippen LogP contribution in [0.4, 0.5) is 5.69 Å². The summed E-state index contributed by atoms with van der Waals surface area (Å²) in [7, 11) is 0. The highest BCUT2D eigenvalue weighted by Gasteiger charge is 2.27. The van der Waals surface area contributed by atoms with Crippen LogP contribution in [0.3, 0.4) is 0 Å². The van der Waals surface area contributed by atoms with E-state index < -0.39 is 0 Å². The first-order valence-corrected chi connectivity index (χ1v) is 17.5. The summed E-state index contributed by atoms with van der Waals surface area (Å²) in [5, 5.41) is 5.94. The third-order valence-electron chi connectivity index (χ3n) is 9.27. The van der Waals surface area contributed by atoms with Crippen molar-refractivity contribution in [2.45, 2.75) is 17.4 Å². The van der Waals surface area contributed by atoms with Gasteiger partial charge in [-0.05, 0) is 104 Å². The van der Waals surface area contributed by atoms with E-state index in [2.05, 4.69) is 193 Å². The molecule has 1 aliphatic carbocycles. The topological polar surface area (TPSA) is 15.3 Å². The molecule has 4 aromatic carbocycles. The van der Waals surface area contributed by atoms with Crippen molar-refractivity contribution >= 4 is 34.7 Å². The van der Waals surface area contributed by atoms with Crippen molar-refractivity contribution < 1.29 is 0 Å². The van der Waals surface area contributed by atoms with E-state index in [4.69, 9.17) is 0 Å². The molecular formula is C46H36N2S. The number of benzene rings is 4. The summed E-state index contributed by atoms with van der Waals surface area (Å²) in [6.45, 7) is 8.89. The van der Waals surface area contributed by atoms with E-state index in [1.54, 1.807) is 11.8 Å². The number of rotatable bonds is 4. The van der Waals surface area contributed by atoms with E-state index in [-0.39, 0.29) is 6.04 Å². The number of fused-ring (bicyclic) bond motifs is 3. The predicted octanol–water partition coefficient (Wildman–Crippen LogP) is 11.9. The minimum Gasteiger partial charge on any atom is -0.361 e. The Kier molecular flexibility index (Phi) is 8.35. The zero-order valence-electron chi connectivity index (χ0n) is 27.2. The summed E-state index contributed by atoms with van der Waals surface area (Å²) in [5.74, 6) is 0.996. The Morgan fingerprint density at radius 2 is 1.41 bits per heavy atom. The summed E-state index contributed by atoms with van der Waals surface area (Å²) in [4.78, 5) is 3.48. The normalized spacial score (nSPS) is 20.0. The second-order valence-electron chi connectivity index (χ2n) is 12.4. The third-order valence-corrected chi connectivity index (χ3v) is 10.2. The quantitative estimate of drug-likeness (QED) is 0.237. The number of hydrogen-bond acceptors (Lipinski definition) is 3. The lowest BCUT2D eigenvalue weighted by atomic mass is 9.89. The van der Waals surface area contributed by atoms with Crippen molar-refractivity contribution in [2.24, 2.45) is 0 Å². The standard InChI is InChI=1S/C46H36N2S/c1-32-13-5-4-12-28-49-45-27-25-38(30-41(32)45)35-22-20-34(21-23-35)37-24-26-44-39(29-37)17-9-8-14-33(2)48(44)46-31-42(36-15-6-3-7-16-36)40-18-10-11-19-43(40)47-46/h3-12,14-31,43,47H,1-2,13H2/b5-4?,14-8-,17-9-,28-12-. The summed E-state index contributed by atoms with van der Waals surface area (Å²) in [5.41, 5.74) is 13.9. The fourth-order valence-electron chi connectivity index (χ4n) is 6.75. The molecule has 0 bridgehead atoms. The van der Waals surface area contributed by atoms with Crippen molar-refractivity contribution in [3.05, 3.63) is 210 Å². The van der Waals surface area contributed by atoms with E-state index in [9.17, 15) is 0 Å². The second kappa shape index (κ2) is 13.4. The van der Waals surface area contributed by atoms with Crippen LogP contribution in [0, 0.1) is 0 Å². The molecule has 0 fully saturated rings. The molecule has 0 spiro atoms. The minimum absolute atomic E-state index is 0.0678. The van der Waals surface area contributed by atoms with Gasteiger partial charge >= 0.3 is 0 Å². The molecule has 3 heteroatoms. The van der Waals surface area contributed by atoms with Gasteiger partial charge in [-0.15, -0.1) is 0 Å². The van der Waals surface area contributed by atoms with Gasteiger partial charge in [-0.3, -0.25) is 4.90 Å². The van der Waals surface area contributed by atoms with E-state index in [0.29, 0.717) is 0 Å². The largest absolute Gasteiger partial charge is 0.361 e. The first kappa shape index (κ1) is 30.6. The van der Waals surface area contributed by atoms with Crippen LogP contribution in [-0.2, 0) is 0 Å². The monoisotopic (exact) mass is 648 g/mol. The van der Waals surface area contributed by atoms with Crippen LogP contribution in [0.2, 0.25) is 0 Å². The second-order valence-corrected chi connectivity index (χ2v) is 13.4. The molecule has 3 aliphatic heterocycles. The fourth-order valence-corrected chi connectivity index (χ4v) is 7.55. The molecule has 0 radical (unpaired) electrons. The molecule has 0 amide bonds. The number of anilines is 1. The molecule has 1 N–H and O–H groups in total. The van der Waals surface area contributed by atoms with Crippen LogP contribution in [0.25, 0.3) is 39.5 Å². The summed E-state index contributed by atoms with van der Waals surface area (Å²) in [6.07, 6.45) is 26.5. The molecule has 3 heterocycles. The first-order chi connectivity index (χ1) is 24.1. The highest BCUT2D eigenvalue weighted by Crippen LogP contribution is 2.39. The molecule has 0 saturated heterocycles. The number of nitrogens with zero attached hydrogens (tertiary/aromatic N) is 1. The van der Waals surface area contributed by atoms with Gasteiger partial charge in [0.05, 0.1) is 11.7 Å². The fraction of sp³-hybridized carbons (Fsp3) is 0.0435. The van der Waals surface area contributed by atoms with Crippen molar-refractivity contribution in [2.75, 3.05) is 4.90 Å². The van der Waals surface area contributed by atoms with Gasteiger partial charge < -0.3 is 5.32 Å². The van der Waals surface area contributed by atoms with Gasteiger partial charge in [-0.25, -0.2) is 0 Å². The minimum atomic E-state index is 0.0678. The molecule has 1 unspecified atom stereocenters. The third kappa shape index (κ3) is 6.17. The summed E-state index contributed by atoms with van der Waals surface area (Å²) in [6, 6.07) is 33.0. The van der Waals surface area contributed by atoms with Crippen LogP contribution in [0.5, 0.6) is 0 Å². The lowest BCUT2D eigenvalue weighted by Gasteiger charge is -2.36. The van der Waals surface area contributed by atoms with Crippen molar-refractivity contribution in [1.82, 2.24) is 5.32 Å². The molecule has 1 atom stereocenters. The average molecular weight is 649 g/mol. The average Bonchev–Trinajstić information content (AvgIpc) is 3.23. The van der Waals surface area contributed by atoms with Crippen LogP contribution in [0.15, 0.2) is 198 Å². The SMILES string of the molecule is C=C1CC=C/C=C\Sc2ccc(-c3ccc(-c4ccc5c(c4)/C=C\C=C/C(=C)N5C4=CC(c5ccccc5)=C5C=CC=CC5N4)cc3)cc21. The molecule has 236 valence electrons. The highest BCUT2D eigenvalue weighted by molar-refractivity contribution is 8.02. The summed E-state index contributed by atoms with van der Waals surface area (Å²) < 4.78 is 0. The Labute approximate surface area is 293 Å². The van der Waals surface area contributed by atoms with E-state index in [1.807, 2.05) is 0 Å². The molecule has 0 aromatic heterocycles. The van der Waals surface area contributed by atoms with Crippen LogP contribution in [-0.4, -0.2) is 6.04 Å². The smallest absolute Gasteiger partial charge is 0.112 e. The predicted molar refractivity (Wildman–Crippen MR) is 212 cm³/mol. The maximum atomic E-state index is 4.50. The van der Waals surface area contributed by atoms with Gasteiger partial charge in [0, 0.05) is 10.6 Å². The van der Waals surface area contributed by atoms with Crippen LogP contribution >= 0.6 is 11.8 Å². The van der Waals surface area contributed by atoms with E-state index in [0.717, 1.165) is 34.8 Å². The van der Waals surface area contributed by atoms with Gasteiger partial charge in [0.1, 0.15) is 5.82 Å². The van der Waals surface area contributed by atoms with Gasteiger partial charge in [-0.1, -0.05) is 152 Å². The number of hydrogen-bond donors (Lipinski definition) is 1. The lowest BCUT2D eigenvalue weighted by molar-refractivity contribution is 0.726. The molecular weight excluding hydrogens is 613 g/mol. The highest BCUT2D eigenvalue weighted by atomic mass is 32.2. The van der Waals surface area contributed by atoms with Crippen LogP contribution < -0.4 is 10.2 Å². The van der Waals surface area contributed by atoms with Crippen molar-refractivity contribution in [3.63, 3.8) is 0 Å². The zero-order chi connectivity index (χ0) is 33.2. The number of dihydropyridines is 1. The van der Waals surface area contributed by atoms with Gasteiger partial charge in [-0.2, -0.15) is 0 Å². The molecule has 2 nitrogen and oxygen atoms in total. The first-order valence-electron chi connectivity index (χ1n) is 16.6. The number of allylic oxidation sites excluding steroid dienone is 11. The molecule has 8 rings (SSSR count). The summed E-state index contributed by atoms with van der Waals surface area (Å²) >= 11 is 1.74. The van der Waals surface area contributed by atoms with Crippen molar-refractivity contribution in [3.8, 4) is 22.3 Å². The van der Waals surface area contributed by atoms with Crippen LogP contribution in [0.1, 0.15) is 23.1 Å². The Balaban J connectivity index is 1.13. The molecule has 0 saturated carbocycles. The van der Waals surface area contributed by atoms with Gasteiger partial charge in [0.15, 0.2) is 0 Å². The van der Waals surface area contributed by atoms with E-state index >= 15 is 0 Å². The van der Waals surface area contributed by atoms with E-state index in [1.165, 1.54) is 49.4 Å². The van der Waals surface area contributed by atoms with Crippen molar-refractivity contribution in [1.29, 1.82) is 0 Å². The Morgan fingerprint density at radius 1 is 0.673 bits per heavy atom. The number of nitrogens with one attached hydrogen (secondary N) is 1. The lowest BCUT2D eigenvalue weighted by Crippen LogP contribution is -2.40. The molecule has 4 aromatic rings. The Hall–Kier alpha value is -5.77. The van der Waals surface area contributed by atoms with Gasteiger partial charge in [0.2, 0.25) is 0 Å². The maximum absolute atomic E-state index is 4.50.